The van der Waals surface area contributed by atoms with Crippen molar-refractivity contribution in [1.82, 2.24) is 10.2 Å². The predicted molar refractivity (Wildman–Crippen MR) is 160 cm³/mol. The smallest absolute Gasteiger partial charge is 0.264 e. The number of aryl methyl sites for hydroxylation is 1. The SMILES string of the molecule is CCCCNC(=O)C(C)N(Cc1ccc(C)cc1)C(=O)CN(c1ccc(F)cc1)S(=O)(=O)c1ccc(OC)c(OC)c1. The minimum absolute atomic E-state index is 0.0785. The molecule has 42 heavy (non-hydrogen) atoms. The molecule has 0 aliphatic heterocycles. The van der Waals surface area contributed by atoms with E-state index in [0.29, 0.717) is 12.3 Å². The van der Waals surface area contributed by atoms with E-state index in [-0.39, 0.29) is 28.8 Å². The summed E-state index contributed by atoms with van der Waals surface area (Å²) in [6.45, 7) is 5.46. The number of anilines is 1. The molecule has 0 fully saturated rings. The molecule has 0 heterocycles. The third kappa shape index (κ3) is 8.00. The fourth-order valence-corrected chi connectivity index (χ4v) is 5.68. The van der Waals surface area contributed by atoms with Crippen LogP contribution >= 0.6 is 0 Å². The Morgan fingerprint density at radius 2 is 1.60 bits per heavy atom. The molecule has 0 saturated carbocycles. The van der Waals surface area contributed by atoms with E-state index < -0.39 is 34.3 Å². The zero-order chi connectivity index (χ0) is 30.9. The highest BCUT2D eigenvalue weighted by molar-refractivity contribution is 7.92. The third-order valence-corrected chi connectivity index (χ3v) is 8.58. The number of hydrogen-bond acceptors (Lipinski definition) is 6. The first kappa shape index (κ1) is 32.4. The van der Waals surface area contributed by atoms with Gasteiger partial charge in [0.05, 0.1) is 24.8 Å². The molecule has 0 spiro atoms. The van der Waals surface area contributed by atoms with Crippen LogP contribution in [0.3, 0.4) is 0 Å². The van der Waals surface area contributed by atoms with Gasteiger partial charge in [-0.1, -0.05) is 43.2 Å². The van der Waals surface area contributed by atoms with E-state index in [1.807, 2.05) is 38.1 Å². The standard InChI is InChI=1S/C31H38FN3O6S/c1-6-7-18-33-31(37)23(3)34(20-24-10-8-22(2)9-11-24)30(36)21-35(26-14-12-25(32)13-15-26)42(38,39)27-16-17-28(40-4)29(19-27)41-5/h8-17,19,23H,6-7,18,20-21H2,1-5H3,(H,33,37). The normalized spacial score (nSPS) is 11.9. The Labute approximate surface area is 247 Å². The van der Waals surface area contributed by atoms with Crippen molar-refractivity contribution in [3.8, 4) is 11.5 Å². The second-order valence-corrected chi connectivity index (χ2v) is 11.7. The second kappa shape index (κ2) is 14.7. The van der Waals surface area contributed by atoms with Crippen molar-refractivity contribution >= 4 is 27.5 Å². The maximum atomic E-state index is 14.0. The first-order valence-corrected chi connectivity index (χ1v) is 15.1. The highest BCUT2D eigenvalue weighted by Gasteiger charge is 2.33. The second-order valence-electron chi connectivity index (χ2n) is 9.83. The van der Waals surface area contributed by atoms with E-state index in [0.717, 1.165) is 40.4 Å². The molecule has 11 heteroatoms. The minimum atomic E-state index is -4.37. The number of benzene rings is 3. The van der Waals surface area contributed by atoms with Crippen LogP contribution in [0.5, 0.6) is 11.5 Å². The number of methoxy groups -OCH3 is 2. The summed E-state index contributed by atoms with van der Waals surface area (Å²) in [5.74, 6) is -1.01. The molecule has 1 atom stereocenters. The molecule has 9 nitrogen and oxygen atoms in total. The number of rotatable bonds is 14. The zero-order valence-corrected chi connectivity index (χ0v) is 25.4. The number of carbonyl (C=O) groups is 2. The van der Waals surface area contributed by atoms with E-state index >= 15 is 0 Å². The molecule has 0 bridgehead atoms. The Kier molecular flexibility index (Phi) is 11.3. The van der Waals surface area contributed by atoms with Crippen molar-refractivity contribution in [2.45, 2.75) is 51.1 Å². The fourth-order valence-electron chi connectivity index (χ4n) is 4.25. The highest BCUT2D eigenvalue weighted by atomic mass is 32.2. The van der Waals surface area contributed by atoms with Crippen LogP contribution in [0.1, 0.15) is 37.8 Å². The van der Waals surface area contributed by atoms with E-state index in [1.54, 1.807) is 6.92 Å². The van der Waals surface area contributed by atoms with Gasteiger partial charge in [0.2, 0.25) is 11.8 Å². The summed E-state index contributed by atoms with van der Waals surface area (Å²) in [7, 11) is -1.56. The zero-order valence-electron chi connectivity index (χ0n) is 24.6. The monoisotopic (exact) mass is 599 g/mol. The summed E-state index contributed by atoms with van der Waals surface area (Å²) in [5.41, 5.74) is 1.89. The van der Waals surface area contributed by atoms with E-state index in [2.05, 4.69) is 5.32 Å². The van der Waals surface area contributed by atoms with E-state index in [1.165, 1.54) is 49.5 Å². The summed E-state index contributed by atoms with van der Waals surface area (Å²) in [4.78, 5) is 28.2. The Morgan fingerprint density at radius 1 is 0.952 bits per heavy atom. The molecule has 1 unspecified atom stereocenters. The molecule has 3 aromatic carbocycles. The van der Waals surface area contributed by atoms with Crippen LogP contribution in [0.2, 0.25) is 0 Å². The summed E-state index contributed by atoms with van der Waals surface area (Å²) in [5, 5.41) is 2.85. The molecule has 1 N–H and O–H groups in total. The molecule has 0 aromatic heterocycles. The topological polar surface area (TPSA) is 105 Å². The molecule has 0 saturated heterocycles. The Morgan fingerprint density at radius 3 is 2.19 bits per heavy atom. The van der Waals surface area contributed by atoms with Crippen LogP contribution in [-0.2, 0) is 26.2 Å². The molecule has 3 rings (SSSR count). The van der Waals surface area contributed by atoms with Crippen molar-refractivity contribution in [2.24, 2.45) is 0 Å². The van der Waals surface area contributed by atoms with Crippen LogP contribution in [0.4, 0.5) is 10.1 Å². The summed E-state index contributed by atoms with van der Waals surface area (Å²) >= 11 is 0. The summed E-state index contributed by atoms with van der Waals surface area (Å²) < 4.78 is 53.2. The van der Waals surface area contributed by atoms with Gasteiger partial charge in [-0.15, -0.1) is 0 Å². The lowest BCUT2D eigenvalue weighted by atomic mass is 10.1. The van der Waals surface area contributed by atoms with Crippen molar-refractivity contribution in [2.75, 3.05) is 31.6 Å². The third-order valence-electron chi connectivity index (χ3n) is 6.81. The maximum absolute atomic E-state index is 14.0. The first-order chi connectivity index (χ1) is 20.0. The molecule has 226 valence electrons. The van der Waals surface area contributed by atoms with Gasteiger partial charge in [0.15, 0.2) is 11.5 Å². The predicted octanol–water partition coefficient (Wildman–Crippen LogP) is 4.68. The lowest BCUT2D eigenvalue weighted by molar-refractivity contribution is -0.139. The lowest BCUT2D eigenvalue weighted by Gasteiger charge is -2.32. The molecule has 3 aromatic rings. The molecular weight excluding hydrogens is 561 g/mol. The quantitative estimate of drug-likeness (QED) is 0.270. The number of amides is 2. The van der Waals surface area contributed by atoms with Gasteiger partial charge in [0.25, 0.3) is 10.0 Å². The van der Waals surface area contributed by atoms with Gasteiger partial charge in [-0.25, -0.2) is 12.8 Å². The van der Waals surface area contributed by atoms with Crippen molar-refractivity contribution in [3.05, 3.63) is 83.7 Å². The molecule has 0 radical (unpaired) electrons. The van der Waals surface area contributed by atoms with Crippen molar-refractivity contribution < 1.29 is 31.9 Å². The molecule has 0 aliphatic rings. The maximum Gasteiger partial charge on any atom is 0.264 e. The van der Waals surface area contributed by atoms with Crippen LogP contribution < -0.4 is 19.1 Å². The van der Waals surface area contributed by atoms with Gasteiger partial charge in [0.1, 0.15) is 18.4 Å². The van der Waals surface area contributed by atoms with Crippen LogP contribution in [0.25, 0.3) is 0 Å². The number of halogens is 1. The van der Waals surface area contributed by atoms with E-state index in [9.17, 15) is 22.4 Å². The molecule has 0 aliphatic carbocycles. The molecule has 2 amide bonds. The highest BCUT2D eigenvalue weighted by Crippen LogP contribution is 2.32. The lowest BCUT2D eigenvalue weighted by Crippen LogP contribution is -2.51. The minimum Gasteiger partial charge on any atom is -0.493 e. The number of nitrogens with zero attached hydrogens (tertiary/aromatic N) is 2. The van der Waals surface area contributed by atoms with Gasteiger partial charge in [-0.2, -0.15) is 0 Å². The first-order valence-electron chi connectivity index (χ1n) is 13.6. The molecular formula is C31H38FN3O6S. The van der Waals surface area contributed by atoms with Gasteiger partial charge < -0.3 is 19.7 Å². The van der Waals surface area contributed by atoms with E-state index in [4.69, 9.17) is 9.47 Å². The van der Waals surface area contributed by atoms with Gasteiger partial charge in [0, 0.05) is 19.2 Å². The summed E-state index contributed by atoms with van der Waals surface area (Å²) in [6.07, 6.45) is 1.67. The fraction of sp³-hybridized carbons (Fsp3) is 0.355. The van der Waals surface area contributed by atoms with Gasteiger partial charge in [-0.05, 0) is 62.2 Å². The number of sulfonamides is 1. The summed E-state index contributed by atoms with van der Waals surface area (Å²) in [6, 6.07) is 15.5. The van der Waals surface area contributed by atoms with Gasteiger partial charge >= 0.3 is 0 Å². The number of nitrogens with one attached hydrogen (secondary N) is 1. The van der Waals surface area contributed by atoms with Crippen LogP contribution in [0, 0.1) is 12.7 Å². The van der Waals surface area contributed by atoms with Gasteiger partial charge in [-0.3, -0.25) is 13.9 Å². The Bertz CT molecular complexity index is 1460. The number of unbranched alkanes of at least 4 members (excludes halogenated alkanes) is 1. The van der Waals surface area contributed by atoms with Crippen molar-refractivity contribution in [3.63, 3.8) is 0 Å². The number of ether oxygens (including phenoxy) is 2. The van der Waals surface area contributed by atoms with Crippen LogP contribution in [0.15, 0.2) is 71.6 Å². The average molecular weight is 600 g/mol. The average Bonchev–Trinajstić information content (AvgIpc) is 2.99. The Balaban J connectivity index is 2.03. The van der Waals surface area contributed by atoms with Crippen molar-refractivity contribution in [1.29, 1.82) is 0 Å². The Hall–Kier alpha value is -4.12. The largest absolute Gasteiger partial charge is 0.493 e. The number of hydrogen-bond donors (Lipinski definition) is 1. The number of carbonyl (C=O) groups excluding carboxylic acids is 2. The van der Waals surface area contributed by atoms with Crippen LogP contribution in [-0.4, -0.2) is 58.5 Å².